The molecule has 24 heavy (non-hydrogen) atoms. The Balaban J connectivity index is 2.10. The van der Waals surface area contributed by atoms with Gasteiger partial charge in [0.05, 0.1) is 6.61 Å². The van der Waals surface area contributed by atoms with Crippen LogP contribution >= 0.6 is 11.6 Å². The molecule has 0 saturated carbocycles. The number of nitriles is 1. The van der Waals surface area contributed by atoms with Crippen LogP contribution in [0.5, 0.6) is 0 Å². The van der Waals surface area contributed by atoms with Gasteiger partial charge in [-0.3, -0.25) is 0 Å². The second-order valence-electron chi connectivity index (χ2n) is 5.70. The number of nitrogens with zero attached hydrogens (tertiary/aromatic N) is 1. The Labute approximate surface area is 146 Å². The van der Waals surface area contributed by atoms with E-state index in [9.17, 15) is 4.79 Å². The fourth-order valence-corrected chi connectivity index (χ4v) is 2.07. The van der Waals surface area contributed by atoms with Crippen molar-refractivity contribution in [3.05, 3.63) is 52.8 Å². The van der Waals surface area contributed by atoms with Gasteiger partial charge in [0, 0.05) is 16.7 Å². The zero-order valence-corrected chi connectivity index (χ0v) is 14.3. The molecule has 0 fully saturated rings. The maximum absolute atomic E-state index is 11.9. The molecule has 0 radical (unpaired) electrons. The number of hydrogen-bond acceptors (Lipinski definition) is 4. The number of carbonyl (C=O) groups is 1. The van der Waals surface area contributed by atoms with Gasteiger partial charge in [0.25, 0.3) is 0 Å². The van der Waals surface area contributed by atoms with Crippen molar-refractivity contribution >= 4 is 23.6 Å². The van der Waals surface area contributed by atoms with Crippen molar-refractivity contribution in [2.75, 3.05) is 6.61 Å². The summed E-state index contributed by atoms with van der Waals surface area (Å²) in [5.41, 5.74) is 0.771. The van der Waals surface area contributed by atoms with Crippen LogP contribution in [0.1, 0.15) is 26.0 Å². The standard InChI is InChI=1S/C19H18ClNO3/c1-13(2)9-10-23-19(22)15(12-21)11-17-7-8-18(24-17)14-3-5-16(20)6-4-14/h3-8,11,13H,9-10H2,1-2H3/b15-11+. The summed E-state index contributed by atoms with van der Waals surface area (Å²) in [6, 6.07) is 12.5. The topological polar surface area (TPSA) is 63.2 Å². The average Bonchev–Trinajstić information content (AvgIpc) is 3.01. The number of ether oxygens (including phenoxy) is 1. The monoisotopic (exact) mass is 343 g/mol. The molecule has 1 aromatic heterocycles. The van der Waals surface area contributed by atoms with E-state index in [0.29, 0.717) is 29.1 Å². The van der Waals surface area contributed by atoms with Crippen LogP contribution in [0.15, 0.2) is 46.4 Å². The number of benzene rings is 1. The van der Waals surface area contributed by atoms with Crippen LogP contribution in [-0.2, 0) is 9.53 Å². The summed E-state index contributed by atoms with van der Waals surface area (Å²) in [4.78, 5) is 11.9. The number of carbonyl (C=O) groups excluding carboxylic acids is 1. The molecule has 0 bridgehead atoms. The van der Waals surface area contributed by atoms with Gasteiger partial charge in [-0.05, 0) is 48.7 Å². The van der Waals surface area contributed by atoms with Gasteiger partial charge in [0.1, 0.15) is 23.2 Å². The molecule has 2 aromatic rings. The Hall–Kier alpha value is -2.51. The van der Waals surface area contributed by atoms with Gasteiger partial charge in [-0.15, -0.1) is 0 Å². The summed E-state index contributed by atoms with van der Waals surface area (Å²) in [6.45, 7) is 4.37. The number of hydrogen-bond donors (Lipinski definition) is 0. The molecule has 0 N–H and O–H groups in total. The molecule has 0 spiro atoms. The molecule has 0 aliphatic carbocycles. The summed E-state index contributed by atoms with van der Waals surface area (Å²) < 4.78 is 10.8. The molecule has 4 nitrogen and oxygen atoms in total. The van der Waals surface area contributed by atoms with Crippen LogP contribution in [0, 0.1) is 17.2 Å². The quantitative estimate of drug-likeness (QED) is 0.416. The Morgan fingerprint density at radius 2 is 2.00 bits per heavy atom. The van der Waals surface area contributed by atoms with Gasteiger partial charge in [0.15, 0.2) is 0 Å². The van der Waals surface area contributed by atoms with E-state index < -0.39 is 5.97 Å². The molecule has 1 aromatic carbocycles. The van der Waals surface area contributed by atoms with Gasteiger partial charge in [-0.25, -0.2) is 4.79 Å². The van der Waals surface area contributed by atoms with Crippen molar-refractivity contribution < 1.29 is 13.9 Å². The fourth-order valence-electron chi connectivity index (χ4n) is 1.94. The molecule has 2 rings (SSSR count). The smallest absolute Gasteiger partial charge is 0.349 e. The van der Waals surface area contributed by atoms with Crippen molar-refractivity contribution in [3.8, 4) is 17.4 Å². The van der Waals surface area contributed by atoms with Crippen LogP contribution in [0.3, 0.4) is 0 Å². The highest BCUT2D eigenvalue weighted by atomic mass is 35.5. The predicted molar refractivity (Wildman–Crippen MR) is 93.2 cm³/mol. The minimum absolute atomic E-state index is 0.0873. The first kappa shape index (κ1) is 17.8. The lowest BCUT2D eigenvalue weighted by Gasteiger charge is -2.05. The Morgan fingerprint density at radius 3 is 2.62 bits per heavy atom. The largest absolute Gasteiger partial charge is 0.462 e. The summed E-state index contributed by atoms with van der Waals surface area (Å²) in [5, 5.41) is 9.79. The first-order chi connectivity index (χ1) is 11.5. The van der Waals surface area contributed by atoms with E-state index in [2.05, 4.69) is 0 Å². The number of furan rings is 1. The average molecular weight is 344 g/mol. The van der Waals surface area contributed by atoms with Gasteiger partial charge in [0.2, 0.25) is 0 Å². The highest BCUT2D eigenvalue weighted by Crippen LogP contribution is 2.25. The van der Waals surface area contributed by atoms with Crippen molar-refractivity contribution in [2.24, 2.45) is 5.92 Å². The molecule has 1 heterocycles. The third-order valence-electron chi connectivity index (χ3n) is 3.31. The lowest BCUT2D eigenvalue weighted by molar-refractivity contribution is -0.138. The van der Waals surface area contributed by atoms with Crippen LogP contribution in [0.4, 0.5) is 0 Å². The minimum Gasteiger partial charge on any atom is -0.462 e. The molecule has 5 heteroatoms. The number of halogens is 1. The zero-order valence-electron chi connectivity index (χ0n) is 13.6. The van der Waals surface area contributed by atoms with E-state index in [1.54, 1.807) is 24.3 Å². The van der Waals surface area contributed by atoms with E-state index in [1.165, 1.54) is 6.08 Å². The van der Waals surface area contributed by atoms with Gasteiger partial charge in [-0.2, -0.15) is 5.26 Å². The highest BCUT2D eigenvalue weighted by Gasteiger charge is 2.12. The molecule has 0 atom stereocenters. The van der Waals surface area contributed by atoms with Gasteiger partial charge in [-0.1, -0.05) is 25.4 Å². The summed E-state index contributed by atoms with van der Waals surface area (Å²) >= 11 is 5.86. The fraction of sp³-hybridized carbons (Fsp3) is 0.263. The third kappa shape index (κ3) is 5.00. The van der Waals surface area contributed by atoms with Gasteiger partial charge < -0.3 is 9.15 Å². The van der Waals surface area contributed by atoms with Crippen molar-refractivity contribution in [3.63, 3.8) is 0 Å². The van der Waals surface area contributed by atoms with Crippen LogP contribution < -0.4 is 0 Å². The SMILES string of the molecule is CC(C)CCOC(=O)/C(C#N)=C/c1ccc(-c2ccc(Cl)cc2)o1. The molecule has 0 aliphatic heterocycles. The van der Waals surface area contributed by atoms with Crippen LogP contribution in [-0.4, -0.2) is 12.6 Å². The van der Waals surface area contributed by atoms with Crippen molar-refractivity contribution in [2.45, 2.75) is 20.3 Å². The summed E-state index contributed by atoms with van der Waals surface area (Å²) in [6.07, 6.45) is 2.14. The Kier molecular flexibility index (Phi) is 6.22. The lowest BCUT2D eigenvalue weighted by Crippen LogP contribution is -2.09. The normalized spacial score (nSPS) is 11.4. The Morgan fingerprint density at radius 1 is 1.29 bits per heavy atom. The maximum atomic E-state index is 11.9. The van der Waals surface area contributed by atoms with E-state index in [1.807, 2.05) is 32.0 Å². The van der Waals surface area contributed by atoms with Crippen molar-refractivity contribution in [1.82, 2.24) is 0 Å². The van der Waals surface area contributed by atoms with E-state index in [4.69, 9.17) is 26.0 Å². The predicted octanol–water partition coefficient (Wildman–Crippen LogP) is 5.10. The first-order valence-electron chi connectivity index (χ1n) is 7.64. The highest BCUT2D eigenvalue weighted by molar-refractivity contribution is 6.30. The number of rotatable bonds is 6. The van der Waals surface area contributed by atoms with Crippen molar-refractivity contribution in [1.29, 1.82) is 5.26 Å². The zero-order chi connectivity index (χ0) is 17.5. The van der Waals surface area contributed by atoms with Crippen LogP contribution in [0.2, 0.25) is 5.02 Å². The molecule has 0 unspecified atom stereocenters. The van der Waals surface area contributed by atoms with Gasteiger partial charge >= 0.3 is 5.97 Å². The molecular formula is C19H18ClNO3. The van der Waals surface area contributed by atoms with E-state index >= 15 is 0 Å². The minimum atomic E-state index is -0.636. The Bertz CT molecular complexity index is 767. The second-order valence-corrected chi connectivity index (χ2v) is 6.13. The molecule has 0 amide bonds. The summed E-state index contributed by atoms with van der Waals surface area (Å²) in [5.74, 6) is 0.836. The third-order valence-corrected chi connectivity index (χ3v) is 3.56. The molecular weight excluding hydrogens is 326 g/mol. The molecule has 0 aliphatic rings. The first-order valence-corrected chi connectivity index (χ1v) is 8.02. The second kappa shape index (κ2) is 8.37. The number of esters is 1. The summed E-state index contributed by atoms with van der Waals surface area (Å²) in [7, 11) is 0. The van der Waals surface area contributed by atoms with E-state index in [0.717, 1.165) is 12.0 Å². The molecule has 124 valence electrons. The maximum Gasteiger partial charge on any atom is 0.349 e. The molecule has 0 saturated heterocycles. The van der Waals surface area contributed by atoms with Crippen LogP contribution in [0.25, 0.3) is 17.4 Å². The van der Waals surface area contributed by atoms with E-state index in [-0.39, 0.29) is 5.57 Å². The lowest BCUT2D eigenvalue weighted by atomic mass is 10.1.